The Morgan fingerprint density at radius 1 is 0.895 bits per heavy atom. The second kappa shape index (κ2) is 5.91. The Kier molecular flexibility index (Phi) is 4.25. The van der Waals surface area contributed by atoms with Crippen LogP contribution in [-0.4, -0.2) is 10.9 Å². The summed E-state index contributed by atoms with van der Waals surface area (Å²) >= 11 is 11.9. The van der Waals surface area contributed by atoms with E-state index in [-0.39, 0.29) is 11.5 Å². The van der Waals surface area contributed by atoms with Crippen molar-refractivity contribution in [3.05, 3.63) is 75.8 Å². The highest BCUT2D eigenvalue weighted by Gasteiger charge is 2.10. The smallest absolute Gasteiger partial charge is 0.191 e. The summed E-state index contributed by atoms with van der Waals surface area (Å²) in [5.74, 6) is -0.557. The van der Waals surface area contributed by atoms with Crippen LogP contribution in [-0.2, 0) is 0 Å². The molecule has 0 aromatic heterocycles. The molecule has 2 aromatic carbocycles. The Labute approximate surface area is 120 Å². The molecule has 0 saturated carbocycles. The lowest BCUT2D eigenvalue weighted by Gasteiger charge is -2.03. The SMILES string of the molecule is O=C(C=C(O)c1ccccc1Cl)c1ccccc1Cl. The van der Waals surface area contributed by atoms with E-state index in [1.165, 1.54) is 0 Å². The first kappa shape index (κ1) is 13.7. The van der Waals surface area contributed by atoms with Crippen molar-refractivity contribution >= 4 is 34.7 Å². The van der Waals surface area contributed by atoms with Gasteiger partial charge in [-0.3, -0.25) is 4.79 Å². The van der Waals surface area contributed by atoms with E-state index in [0.29, 0.717) is 21.2 Å². The number of aliphatic hydroxyl groups excluding tert-OH is 1. The van der Waals surface area contributed by atoms with Crippen molar-refractivity contribution in [1.82, 2.24) is 0 Å². The largest absolute Gasteiger partial charge is 0.507 e. The Bertz CT molecular complexity index is 648. The molecule has 2 rings (SSSR count). The molecule has 2 aromatic rings. The van der Waals surface area contributed by atoms with E-state index in [0.717, 1.165) is 6.08 Å². The first-order valence-corrected chi connectivity index (χ1v) is 6.29. The van der Waals surface area contributed by atoms with Crippen molar-refractivity contribution in [2.24, 2.45) is 0 Å². The first-order chi connectivity index (χ1) is 9.09. The number of rotatable bonds is 3. The predicted octanol–water partition coefficient (Wildman–Crippen LogP) is 4.78. The van der Waals surface area contributed by atoms with Gasteiger partial charge in [0.05, 0.1) is 10.0 Å². The van der Waals surface area contributed by atoms with Crippen LogP contribution in [0.1, 0.15) is 15.9 Å². The Morgan fingerprint density at radius 3 is 1.89 bits per heavy atom. The van der Waals surface area contributed by atoms with Gasteiger partial charge in [0, 0.05) is 17.2 Å². The van der Waals surface area contributed by atoms with Crippen LogP contribution in [0, 0.1) is 0 Å². The molecule has 0 aliphatic carbocycles. The van der Waals surface area contributed by atoms with E-state index in [1.54, 1.807) is 48.5 Å². The fourth-order valence-electron chi connectivity index (χ4n) is 1.61. The number of carbonyl (C=O) groups excluding carboxylic acids is 1. The van der Waals surface area contributed by atoms with Gasteiger partial charge >= 0.3 is 0 Å². The van der Waals surface area contributed by atoms with Crippen LogP contribution in [0.15, 0.2) is 54.6 Å². The van der Waals surface area contributed by atoms with Gasteiger partial charge in [-0.15, -0.1) is 0 Å². The van der Waals surface area contributed by atoms with Crippen molar-refractivity contribution in [3.63, 3.8) is 0 Å². The zero-order valence-corrected chi connectivity index (χ0v) is 11.3. The highest BCUT2D eigenvalue weighted by Crippen LogP contribution is 2.23. The molecule has 0 aliphatic heterocycles. The van der Waals surface area contributed by atoms with E-state index >= 15 is 0 Å². The van der Waals surface area contributed by atoms with Gasteiger partial charge in [-0.1, -0.05) is 47.5 Å². The molecule has 0 bridgehead atoms. The van der Waals surface area contributed by atoms with Crippen molar-refractivity contribution in [2.45, 2.75) is 0 Å². The highest BCUT2D eigenvalue weighted by atomic mass is 35.5. The van der Waals surface area contributed by atoms with E-state index in [2.05, 4.69) is 0 Å². The third-order valence-electron chi connectivity index (χ3n) is 2.56. The molecule has 0 fully saturated rings. The summed E-state index contributed by atoms with van der Waals surface area (Å²) in [7, 11) is 0. The van der Waals surface area contributed by atoms with Gasteiger partial charge in [-0.2, -0.15) is 0 Å². The molecular weight excluding hydrogens is 283 g/mol. The lowest BCUT2D eigenvalue weighted by molar-refractivity contribution is 0.104. The molecule has 19 heavy (non-hydrogen) atoms. The molecule has 0 aliphatic rings. The van der Waals surface area contributed by atoms with Crippen LogP contribution in [0.3, 0.4) is 0 Å². The van der Waals surface area contributed by atoms with E-state index in [4.69, 9.17) is 23.2 Å². The second-order valence-corrected chi connectivity index (χ2v) is 4.67. The maximum atomic E-state index is 12.0. The van der Waals surface area contributed by atoms with Crippen LogP contribution in [0.2, 0.25) is 10.0 Å². The maximum Gasteiger partial charge on any atom is 0.191 e. The first-order valence-electron chi connectivity index (χ1n) is 5.54. The molecule has 0 heterocycles. The van der Waals surface area contributed by atoms with E-state index in [9.17, 15) is 9.90 Å². The minimum Gasteiger partial charge on any atom is -0.507 e. The number of allylic oxidation sites excluding steroid dienone is 1. The molecule has 96 valence electrons. The predicted molar refractivity (Wildman–Crippen MR) is 77.8 cm³/mol. The van der Waals surface area contributed by atoms with Crippen LogP contribution >= 0.6 is 23.2 Å². The minimum absolute atomic E-state index is 0.185. The zero-order valence-electron chi connectivity index (χ0n) is 9.81. The molecule has 4 heteroatoms. The lowest BCUT2D eigenvalue weighted by atomic mass is 10.1. The number of halogens is 2. The minimum atomic E-state index is -0.372. The summed E-state index contributed by atoms with van der Waals surface area (Å²) in [5, 5.41) is 10.7. The standard InChI is InChI=1S/C15H10Cl2O2/c16-12-7-3-1-5-10(12)14(18)9-15(19)11-6-2-4-8-13(11)17/h1-9,18H. The van der Waals surface area contributed by atoms with Crippen LogP contribution in [0.5, 0.6) is 0 Å². The van der Waals surface area contributed by atoms with Crippen molar-refractivity contribution in [2.75, 3.05) is 0 Å². The molecule has 0 atom stereocenters. The van der Waals surface area contributed by atoms with Crippen LogP contribution in [0.25, 0.3) is 5.76 Å². The van der Waals surface area contributed by atoms with E-state index in [1.807, 2.05) is 0 Å². The molecule has 1 N–H and O–H groups in total. The fourth-order valence-corrected chi connectivity index (χ4v) is 2.07. The third-order valence-corrected chi connectivity index (χ3v) is 3.22. The Morgan fingerprint density at radius 2 is 1.37 bits per heavy atom. The summed E-state index contributed by atoms with van der Waals surface area (Å²) in [5.41, 5.74) is 0.743. The number of hydrogen-bond acceptors (Lipinski definition) is 2. The van der Waals surface area contributed by atoms with Gasteiger partial charge in [-0.25, -0.2) is 0 Å². The summed E-state index contributed by atoms with van der Waals surface area (Å²) in [6, 6.07) is 13.4. The molecule has 0 radical (unpaired) electrons. The molecule has 0 unspecified atom stereocenters. The van der Waals surface area contributed by atoms with Gasteiger partial charge < -0.3 is 5.11 Å². The van der Waals surface area contributed by atoms with Crippen molar-refractivity contribution in [1.29, 1.82) is 0 Å². The number of ketones is 1. The van der Waals surface area contributed by atoms with Crippen molar-refractivity contribution < 1.29 is 9.90 Å². The average Bonchev–Trinajstić information content (AvgIpc) is 2.39. The van der Waals surface area contributed by atoms with Gasteiger partial charge in [0.25, 0.3) is 0 Å². The Balaban J connectivity index is 2.34. The van der Waals surface area contributed by atoms with Crippen LogP contribution < -0.4 is 0 Å². The summed E-state index contributed by atoms with van der Waals surface area (Å²) in [4.78, 5) is 12.0. The zero-order chi connectivity index (χ0) is 13.8. The average molecular weight is 293 g/mol. The third kappa shape index (κ3) is 3.16. The number of aliphatic hydroxyl groups is 1. The van der Waals surface area contributed by atoms with Gasteiger partial charge in [0.15, 0.2) is 5.78 Å². The quantitative estimate of drug-likeness (QED) is 0.502. The maximum absolute atomic E-state index is 12.0. The normalized spacial score (nSPS) is 11.4. The number of carbonyl (C=O) groups is 1. The molecule has 2 nitrogen and oxygen atoms in total. The van der Waals surface area contributed by atoms with Crippen LogP contribution in [0.4, 0.5) is 0 Å². The van der Waals surface area contributed by atoms with Gasteiger partial charge in [-0.05, 0) is 24.3 Å². The topological polar surface area (TPSA) is 37.3 Å². The van der Waals surface area contributed by atoms with Gasteiger partial charge in [0.2, 0.25) is 0 Å². The monoisotopic (exact) mass is 292 g/mol. The second-order valence-electron chi connectivity index (χ2n) is 3.85. The fraction of sp³-hybridized carbons (Fsp3) is 0. The number of hydrogen-bond donors (Lipinski definition) is 1. The lowest BCUT2D eigenvalue weighted by Crippen LogP contribution is -1.97. The van der Waals surface area contributed by atoms with E-state index < -0.39 is 0 Å². The molecule has 0 spiro atoms. The number of benzene rings is 2. The molecule has 0 amide bonds. The highest BCUT2D eigenvalue weighted by molar-refractivity contribution is 6.35. The Hall–Kier alpha value is -1.77. The summed E-state index contributed by atoms with van der Waals surface area (Å²) in [6.07, 6.45) is 1.11. The van der Waals surface area contributed by atoms with Crippen molar-refractivity contribution in [3.8, 4) is 0 Å². The summed E-state index contributed by atoms with van der Waals surface area (Å²) < 4.78 is 0. The summed E-state index contributed by atoms with van der Waals surface area (Å²) in [6.45, 7) is 0. The molecule has 0 saturated heterocycles. The van der Waals surface area contributed by atoms with Gasteiger partial charge in [0.1, 0.15) is 5.76 Å². The molecular formula is C15H10Cl2O2.